The van der Waals surface area contributed by atoms with E-state index in [4.69, 9.17) is 0 Å². The standard InChI is InChI=1S/C25H27NO2/c1-15-11-21-22(25(5,6)10-9-24(21,3)4)13-20(15)16(2)17-7-8-19(23(27)28)18(12-17)14-26/h7-8,11-13H,2,9-10H2,1,3-6H3,(H,27,28). The van der Waals surface area contributed by atoms with Crippen LogP contribution in [0.5, 0.6) is 0 Å². The lowest BCUT2D eigenvalue weighted by molar-refractivity contribution is 0.0696. The maximum atomic E-state index is 11.3. The van der Waals surface area contributed by atoms with Crippen molar-refractivity contribution in [2.24, 2.45) is 0 Å². The smallest absolute Gasteiger partial charge is 0.337 e. The summed E-state index contributed by atoms with van der Waals surface area (Å²) in [5, 5.41) is 18.6. The molecule has 0 fully saturated rings. The van der Waals surface area contributed by atoms with E-state index in [-0.39, 0.29) is 22.0 Å². The van der Waals surface area contributed by atoms with Gasteiger partial charge in [0.05, 0.1) is 11.1 Å². The molecule has 0 atom stereocenters. The van der Waals surface area contributed by atoms with Crippen LogP contribution in [0.25, 0.3) is 5.57 Å². The first-order chi connectivity index (χ1) is 13.0. The largest absolute Gasteiger partial charge is 0.478 e. The summed E-state index contributed by atoms with van der Waals surface area (Å²) in [7, 11) is 0. The van der Waals surface area contributed by atoms with Gasteiger partial charge in [-0.05, 0) is 76.1 Å². The van der Waals surface area contributed by atoms with E-state index in [2.05, 4.69) is 53.3 Å². The van der Waals surface area contributed by atoms with Crippen molar-refractivity contribution in [3.8, 4) is 6.07 Å². The summed E-state index contributed by atoms with van der Waals surface area (Å²) in [4.78, 5) is 11.3. The third-order valence-electron chi connectivity index (χ3n) is 6.24. The van der Waals surface area contributed by atoms with Crippen molar-refractivity contribution in [2.75, 3.05) is 0 Å². The molecule has 0 unspecified atom stereocenters. The average Bonchev–Trinajstić information content (AvgIpc) is 2.64. The molecule has 0 aromatic heterocycles. The van der Waals surface area contributed by atoms with E-state index < -0.39 is 5.97 Å². The van der Waals surface area contributed by atoms with Crippen molar-refractivity contribution < 1.29 is 9.90 Å². The molecular formula is C25H27NO2. The molecule has 1 aliphatic carbocycles. The molecule has 3 heteroatoms. The SMILES string of the molecule is C=C(c1ccc(C(=O)O)c(C#N)c1)c1cc2c(cc1C)C(C)(C)CCC2(C)C. The number of nitriles is 1. The molecule has 0 bridgehead atoms. The van der Waals surface area contributed by atoms with Crippen molar-refractivity contribution in [3.05, 3.63) is 75.9 Å². The Kier molecular flexibility index (Phi) is 4.71. The van der Waals surface area contributed by atoms with Crippen LogP contribution in [0.15, 0.2) is 36.9 Å². The van der Waals surface area contributed by atoms with Crippen LogP contribution in [-0.4, -0.2) is 11.1 Å². The molecule has 0 aliphatic heterocycles. The molecule has 28 heavy (non-hydrogen) atoms. The lowest BCUT2D eigenvalue weighted by Crippen LogP contribution is -2.34. The normalized spacial score (nSPS) is 16.7. The first-order valence-corrected chi connectivity index (χ1v) is 9.60. The first kappa shape index (κ1) is 19.9. The van der Waals surface area contributed by atoms with Gasteiger partial charge >= 0.3 is 5.97 Å². The lowest BCUT2D eigenvalue weighted by Gasteiger charge is -2.42. The van der Waals surface area contributed by atoms with Crippen LogP contribution in [-0.2, 0) is 10.8 Å². The topological polar surface area (TPSA) is 61.1 Å². The minimum atomic E-state index is -1.09. The van der Waals surface area contributed by atoms with Gasteiger partial charge in [-0.25, -0.2) is 4.79 Å². The van der Waals surface area contributed by atoms with Crippen LogP contribution < -0.4 is 0 Å². The van der Waals surface area contributed by atoms with Crippen molar-refractivity contribution in [1.82, 2.24) is 0 Å². The highest BCUT2D eigenvalue weighted by Gasteiger charge is 2.37. The third kappa shape index (κ3) is 3.24. The minimum Gasteiger partial charge on any atom is -0.478 e. The zero-order valence-corrected chi connectivity index (χ0v) is 17.3. The van der Waals surface area contributed by atoms with Crippen LogP contribution in [0, 0.1) is 18.3 Å². The lowest BCUT2D eigenvalue weighted by atomic mass is 9.62. The Morgan fingerprint density at radius 2 is 1.61 bits per heavy atom. The van der Waals surface area contributed by atoms with Gasteiger partial charge in [-0.15, -0.1) is 0 Å². The molecule has 0 saturated heterocycles. The van der Waals surface area contributed by atoms with Crippen molar-refractivity contribution >= 4 is 11.5 Å². The summed E-state index contributed by atoms with van der Waals surface area (Å²) in [5.74, 6) is -1.09. The second-order valence-electron chi connectivity index (χ2n) is 9.14. The highest BCUT2D eigenvalue weighted by Crippen LogP contribution is 2.47. The Morgan fingerprint density at radius 1 is 1.04 bits per heavy atom. The molecule has 0 saturated carbocycles. The molecule has 1 N–H and O–H groups in total. The average molecular weight is 373 g/mol. The van der Waals surface area contributed by atoms with Gasteiger partial charge in [0.15, 0.2) is 0 Å². The molecule has 1 aliphatic rings. The Morgan fingerprint density at radius 3 is 2.14 bits per heavy atom. The highest BCUT2D eigenvalue weighted by atomic mass is 16.4. The molecule has 0 amide bonds. The first-order valence-electron chi connectivity index (χ1n) is 9.60. The zero-order chi connectivity index (χ0) is 20.9. The molecule has 0 radical (unpaired) electrons. The second-order valence-corrected chi connectivity index (χ2v) is 9.14. The number of carboxylic acids is 1. The Balaban J connectivity index is 2.14. The van der Waals surface area contributed by atoms with Gasteiger partial charge in [0, 0.05) is 0 Å². The van der Waals surface area contributed by atoms with Crippen LogP contribution in [0.4, 0.5) is 0 Å². The monoisotopic (exact) mass is 373 g/mol. The van der Waals surface area contributed by atoms with Crippen LogP contribution >= 0.6 is 0 Å². The predicted molar refractivity (Wildman–Crippen MR) is 113 cm³/mol. The summed E-state index contributed by atoms with van der Waals surface area (Å²) < 4.78 is 0. The number of hydrogen-bond acceptors (Lipinski definition) is 2. The van der Waals surface area contributed by atoms with E-state index in [0.29, 0.717) is 0 Å². The van der Waals surface area contributed by atoms with E-state index in [9.17, 15) is 15.2 Å². The quantitative estimate of drug-likeness (QED) is 0.720. The predicted octanol–water partition coefficient (Wildman–Crippen LogP) is 5.98. The van der Waals surface area contributed by atoms with Gasteiger partial charge in [0.2, 0.25) is 0 Å². The van der Waals surface area contributed by atoms with E-state index >= 15 is 0 Å². The number of carboxylic acid groups (broad SMARTS) is 1. The number of fused-ring (bicyclic) bond motifs is 1. The van der Waals surface area contributed by atoms with Gasteiger partial charge in [-0.3, -0.25) is 0 Å². The Bertz CT molecular complexity index is 1040. The Hall–Kier alpha value is -2.86. The van der Waals surface area contributed by atoms with Crippen LogP contribution in [0.2, 0.25) is 0 Å². The second kappa shape index (κ2) is 6.63. The molecule has 144 valence electrons. The van der Waals surface area contributed by atoms with E-state index in [1.165, 1.54) is 17.2 Å². The minimum absolute atomic E-state index is 0.0177. The van der Waals surface area contributed by atoms with E-state index in [1.54, 1.807) is 12.1 Å². The fourth-order valence-corrected chi connectivity index (χ4v) is 4.21. The number of benzene rings is 2. The van der Waals surface area contributed by atoms with Crippen molar-refractivity contribution in [2.45, 2.75) is 58.3 Å². The van der Waals surface area contributed by atoms with Gasteiger partial charge in [0.25, 0.3) is 0 Å². The summed E-state index contributed by atoms with van der Waals surface area (Å²) in [6.07, 6.45) is 2.29. The van der Waals surface area contributed by atoms with Crippen molar-refractivity contribution in [3.63, 3.8) is 0 Å². The molecule has 3 nitrogen and oxygen atoms in total. The summed E-state index contributed by atoms with van der Waals surface area (Å²) in [5.41, 5.74) is 6.96. The molecule has 3 rings (SSSR count). The third-order valence-corrected chi connectivity index (χ3v) is 6.24. The van der Waals surface area contributed by atoms with E-state index in [0.717, 1.165) is 35.1 Å². The van der Waals surface area contributed by atoms with Crippen molar-refractivity contribution in [1.29, 1.82) is 5.26 Å². The van der Waals surface area contributed by atoms with Gasteiger partial charge in [-0.1, -0.05) is 52.5 Å². The number of aromatic carboxylic acids is 1. The maximum Gasteiger partial charge on any atom is 0.337 e. The highest BCUT2D eigenvalue weighted by molar-refractivity contribution is 5.92. The summed E-state index contributed by atoms with van der Waals surface area (Å²) >= 11 is 0. The number of hydrogen-bond donors (Lipinski definition) is 1. The van der Waals surface area contributed by atoms with Gasteiger partial charge in [-0.2, -0.15) is 5.26 Å². The molecule has 0 spiro atoms. The molecule has 2 aromatic carbocycles. The Labute approximate surface area is 167 Å². The number of nitrogens with zero attached hydrogens (tertiary/aromatic N) is 1. The van der Waals surface area contributed by atoms with Crippen LogP contribution in [0.1, 0.15) is 84.3 Å². The van der Waals surface area contributed by atoms with Crippen LogP contribution in [0.3, 0.4) is 0 Å². The number of rotatable bonds is 3. The molecule has 2 aromatic rings. The number of aryl methyl sites for hydroxylation is 1. The fraction of sp³-hybridized carbons (Fsp3) is 0.360. The number of carbonyl (C=O) groups is 1. The zero-order valence-electron chi connectivity index (χ0n) is 17.3. The van der Waals surface area contributed by atoms with Gasteiger partial charge < -0.3 is 5.11 Å². The maximum absolute atomic E-state index is 11.3. The van der Waals surface area contributed by atoms with Gasteiger partial charge in [0.1, 0.15) is 6.07 Å². The van der Waals surface area contributed by atoms with E-state index in [1.807, 2.05) is 6.07 Å². The summed E-state index contributed by atoms with van der Waals surface area (Å²) in [6, 6.07) is 11.4. The molecular weight excluding hydrogens is 346 g/mol. The fourth-order valence-electron chi connectivity index (χ4n) is 4.21. The molecule has 0 heterocycles. The summed E-state index contributed by atoms with van der Waals surface area (Å²) in [6.45, 7) is 15.6.